The zero-order valence-electron chi connectivity index (χ0n) is 18.7. The molecule has 1 aromatic rings. The lowest BCUT2D eigenvalue weighted by atomic mass is 9.78. The summed E-state index contributed by atoms with van der Waals surface area (Å²) in [5.74, 6) is -0.165. The molecule has 0 N–H and O–H groups in total. The van der Waals surface area contributed by atoms with Crippen LogP contribution in [0.25, 0.3) is 0 Å². The van der Waals surface area contributed by atoms with Crippen LogP contribution in [-0.2, 0) is 18.5 Å². The van der Waals surface area contributed by atoms with Gasteiger partial charge in [-0.1, -0.05) is 51.4 Å². The van der Waals surface area contributed by atoms with Crippen LogP contribution in [0.4, 0.5) is 0 Å². The van der Waals surface area contributed by atoms with Crippen LogP contribution >= 0.6 is 23.8 Å². The highest BCUT2D eigenvalue weighted by molar-refractivity contribution is 7.92. The van der Waals surface area contributed by atoms with Gasteiger partial charge in [-0.15, -0.1) is 0 Å². The molecule has 1 aliphatic heterocycles. The second-order valence-electron chi connectivity index (χ2n) is 8.93. The van der Waals surface area contributed by atoms with Crippen LogP contribution in [0.5, 0.6) is 0 Å². The Kier molecular flexibility index (Phi) is 8.62. The van der Waals surface area contributed by atoms with E-state index in [0.29, 0.717) is 37.4 Å². The molecule has 1 fully saturated rings. The third-order valence-corrected chi connectivity index (χ3v) is 6.44. The average Bonchev–Trinajstić information content (AvgIpc) is 2.67. The van der Waals surface area contributed by atoms with Gasteiger partial charge in [0.15, 0.2) is 5.60 Å². The molecule has 168 valence electrons. The normalized spacial score (nSPS) is 23.5. The van der Waals surface area contributed by atoms with Crippen LogP contribution in [0.15, 0.2) is 24.3 Å². The Morgan fingerprint density at radius 2 is 1.97 bits per heavy atom. The zero-order valence-corrected chi connectivity index (χ0v) is 20.3. The van der Waals surface area contributed by atoms with E-state index in [1.54, 1.807) is 0 Å². The van der Waals surface area contributed by atoms with Crippen LogP contribution in [0.2, 0.25) is 5.02 Å². The summed E-state index contributed by atoms with van der Waals surface area (Å²) in [7, 11) is 3.80. The molecule has 2 rings (SSSR count). The van der Waals surface area contributed by atoms with Gasteiger partial charge in [0.1, 0.15) is 0 Å². The van der Waals surface area contributed by atoms with Crippen molar-refractivity contribution in [3.8, 4) is 0 Å². The van der Waals surface area contributed by atoms with Crippen molar-refractivity contribution in [1.29, 1.82) is 0 Å². The van der Waals surface area contributed by atoms with E-state index in [1.807, 2.05) is 54.5 Å². The fraction of sp³-hybridized carbons (Fsp3) is 0.636. The Morgan fingerprint density at radius 1 is 1.33 bits per heavy atom. The quantitative estimate of drug-likeness (QED) is 0.300. The van der Waals surface area contributed by atoms with Crippen LogP contribution < -0.4 is 0 Å². The molecule has 8 heteroatoms. The monoisotopic (exact) mass is 456 g/mol. The number of rotatable bonds is 9. The van der Waals surface area contributed by atoms with Gasteiger partial charge in [0.2, 0.25) is 0 Å². The summed E-state index contributed by atoms with van der Waals surface area (Å²) in [4.78, 5) is 27.0. The molecular formula is C22H33ClN2O4S. The van der Waals surface area contributed by atoms with Gasteiger partial charge in [0.25, 0.3) is 12.4 Å². The second-order valence-corrected chi connectivity index (χ2v) is 10.5. The molecule has 1 amide bonds. The molecule has 0 aromatic heterocycles. The number of hydrogen-bond donors (Lipinski definition) is 0. The zero-order chi connectivity index (χ0) is 22.5. The van der Waals surface area contributed by atoms with Gasteiger partial charge in [-0.05, 0) is 56.5 Å². The highest BCUT2D eigenvalue weighted by Crippen LogP contribution is 2.44. The number of ether oxygens (including phenoxy) is 1. The molecule has 1 saturated heterocycles. The Bertz CT molecular complexity index is 723. The third kappa shape index (κ3) is 5.69. The lowest BCUT2D eigenvalue weighted by Crippen LogP contribution is -2.61. The molecular weight excluding hydrogens is 424 g/mol. The minimum atomic E-state index is -1.14. The molecule has 0 bridgehead atoms. The number of piperidine rings is 1. The summed E-state index contributed by atoms with van der Waals surface area (Å²) in [6, 6.07) is 7.23. The number of hydrogen-bond acceptors (Lipinski definition) is 6. The number of benzene rings is 1. The molecule has 0 saturated carbocycles. The maximum Gasteiger partial charge on any atom is 0.294 e. The van der Waals surface area contributed by atoms with Crippen LogP contribution in [-0.4, -0.2) is 53.9 Å². The van der Waals surface area contributed by atoms with Crippen molar-refractivity contribution in [2.45, 2.75) is 64.6 Å². The first kappa shape index (κ1) is 25.0. The lowest BCUT2D eigenvalue weighted by molar-refractivity contribution is -0.181. The number of carbonyl (C=O) groups excluding carboxylic acids is 2. The molecule has 0 radical (unpaired) electrons. The first-order chi connectivity index (χ1) is 14.1. The van der Waals surface area contributed by atoms with Crippen molar-refractivity contribution >= 4 is 36.2 Å². The van der Waals surface area contributed by atoms with Crippen LogP contribution in [0, 0.1) is 5.41 Å². The molecule has 0 spiro atoms. The summed E-state index contributed by atoms with van der Waals surface area (Å²) in [5, 5.41) is 0.651. The van der Waals surface area contributed by atoms with E-state index >= 15 is 0 Å². The molecule has 1 aliphatic rings. The van der Waals surface area contributed by atoms with E-state index in [1.165, 1.54) is 12.2 Å². The molecule has 0 aliphatic carbocycles. The van der Waals surface area contributed by atoms with Gasteiger partial charge in [0, 0.05) is 5.02 Å². The second kappa shape index (κ2) is 10.4. The maximum absolute atomic E-state index is 13.8. The topological polar surface area (TPSA) is 59.1 Å². The molecule has 1 heterocycles. The van der Waals surface area contributed by atoms with Crippen LogP contribution in [0.3, 0.4) is 0 Å². The lowest BCUT2D eigenvalue weighted by Gasteiger charge is -2.51. The largest absolute Gasteiger partial charge is 0.451 e. The summed E-state index contributed by atoms with van der Waals surface area (Å²) < 4.78 is 13.2. The predicted octanol–water partition coefficient (Wildman–Crippen LogP) is 4.88. The fourth-order valence-corrected chi connectivity index (χ4v) is 4.45. The molecule has 3 atom stereocenters. The number of likely N-dealkylation sites (tertiary alicyclic amines) is 1. The smallest absolute Gasteiger partial charge is 0.294 e. The van der Waals surface area contributed by atoms with Crippen molar-refractivity contribution in [2.24, 2.45) is 5.41 Å². The van der Waals surface area contributed by atoms with Crippen molar-refractivity contribution in [3.63, 3.8) is 0 Å². The Balaban J connectivity index is 2.49. The number of amides is 1. The van der Waals surface area contributed by atoms with Gasteiger partial charge in [-0.2, -0.15) is 0 Å². The molecule has 30 heavy (non-hydrogen) atoms. The number of carbonyl (C=O) groups is 2. The standard InChI is InChI=1S/C22H33ClN2O4S/c1-7-22(28-15-26)13-12-18(16-8-10-17(23)11-9-16)25(20(22)27)19(21(2,3)4)14-29-30-24(5)6/h8-11,15,18-19H,7,12-14H2,1-6H3/t18?,19?,22-/m1/s1. The van der Waals surface area contributed by atoms with E-state index in [2.05, 4.69) is 20.8 Å². The van der Waals surface area contributed by atoms with Crippen molar-refractivity contribution in [3.05, 3.63) is 34.9 Å². The van der Waals surface area contributed by atoms with E-state index in [9.17, 15) is 9.59 Å². The van der Waals surface area contributed by atoms with Crippen molar-refractivity contribution in [2.75, 3.05) is 20.7 Å². The van der Waals surface area contributed by atoms with Crippen molar-refractivity contribution < 1.29 is 18.5 Å². The van der Waals surface area contributed by atoms with Crippen LogP contribution in [0.1, 0.15) is 58.6 Å². The average molecular weight is 457 g/mol. The highest BCUT2D eigenvalue weighted by atomic mass is 35.5. The van der Waals surface area contributed by atoms with E-state index < -0.39 is 5.60 Å². The van der Waals surface area contributed by atoms with E-state index in [4.69, 9.17) is 20.5 Å². The summed E-state index contributed by atoms with van der Waals surface area (Å²) in [6.45, 7) is 8.91. The minimum absolute atomic E-state index is 0.151. The SMILES string of the molecule is CC[C@@]1(OC=O)CCC(c2ccc(Cl)cc2)N(C(COSN(C)C)C(C)(C)C)C1=O. The Hall–Kier alpha value is -1.28. The number of nitrogens with zero attached hydrogens (tertiary/aromatic N) is 2. The first-order valence-electron chi connectivity index (χ1n) is 10.2. The predicted molar refractivity (Wildman–Crippen MR) is 121 cm³/mol. The molecule has 1 aromatic carbocycles. The molecule has 6 nitrogen and oxygen atoms in total. The highest BCUT2D eigenvalue weighted by Gasteiger charge is 2.52. The van der Waals surface area contributed by atoms with Gasteiger partial charge >= 0.3 is 0 Å². The first-order valence-corrected chi connectivity index (χ1v) is 11.3. The summed E-state index contributed by atoms with van der Waals surface area (Å²) in [5.41, 5.74) is -0.383. The summed E-state index contributed by atoms with van der Waals surface area (Å²) >= 11 is 7.34. The summed E-state index contributed by atoms with van der Waals surface area (Å²) in [6.07, 6.45) is 1.59. The van der Waals surface area contributed by atoms with Gasteiger partial charge in [-0.3, -0.25) is 13.8 Å². The van der Waals surface area contributed by atoms with E-state index in [-0.39, 0.29) is 23.4 Å². The maximum atomic E-state index is 13.8. The number of halogens is 1. The van der Waals surface area contributed by atoms with Gasteiger partial charge in [-0.25, -0.2) is 4.31 Å². The van der Waals surface area contributed by atoms with Gasteiger partial charge in [0.05, 0.1) is 30.9 Å². The van der Waals surface area contributed by atoms with Crippen molar-refractivity contribution in [1.82, 2.24) is 9.21 Å². The Morgan fingerprint density at radius 3 is 2.47 bits per heavy atom. The third-order valence-electron chi connectivity index (χ3n) is 5.64. The molecule has 2 unspecified atom stereocenters. The fourth-order valence-electron chi connectivity index (χ4n) is 3.92. The minimum Gasteiger partial charge on any atom is -0.451 e. The van der Waals surface area contributed by atoms with Gasteiger partial charge < -0.3 is 9.64 Å². The Labute approximate surface area is 189 Å². The van der Waals surface area contributed by atoms with E-state index in [0.717, 1.165) is 5.56 Å².